The molecule has 0 saturated carbocycles. The van der Waals surface area contributed by atoms with Crippen molar-refractivity contribution in [1.29, 1.82) is 0 Å². The van der Waals surface area contributed by atoms with Gasteiger partial charge in [0.1, 0.15) is 0 Å². The zero-order chi connectivity index (χ0) is 81.3. The summed E-state index contributed by atoms with van der Waals surface area (Å²) < 4.78 is 153. The molecule has 97 heavy (non-hydrogen) atoms. The Bertz CT molecular complexity index is 5920. The van der Waals surface area contributed by atoms with Crippen LogP contribution in [0.5, 0.6) is 0 Å². The number of benzene rings is 12. The van der Waals surface area contributed by atoms with Crippen molar-refractivity contribution in [3.05, 3.63) is 282 Å². The first-order valence-electron chi connectivity index (χ1n) is 41.6. The van der Waals surface area contributed by atoms with Crippen molar-refractivity contribution in [2.45, 2.75) is 131 Å². The lowest BCUT2D eigenvalue weighted by atomic mass is 9.33. The van der Waals surface area contributed by atoms with Crippen LogP contribution in [0.25, 0.3) is 88.4 Å². The van der Waals surface area contributed by atoms with Gasteiger partial charge < -0.3 is 18.9 Å². The number of hydrogen-bond donors (Lipinski definition) is 0. The molecule has 16 rings (SSSR count). The van der Waals surface area contributed by atoms with Crippen LogP contribution in [-0.2, 0) is 27.1 Å². The Morgan fingerprint density at radius 1 is 0.268 bits per heavy atom. The van der Waals surface area contributed by atoms with E-state index in [0.29, 0.717) is 22.7 Å². The van der Waals surface area contributed by atoms with Crippen LogP contribution in [0.1, 0.15) is 154 Å². The second-order valence-corrected chi connectivity index (χ2v) is 31.6. The summed E-state index contributed by atoms with van der Waals surface area (Å²) in [7, 11) is 0. The number of nitrogens with zero attached hydrogens (tertiary/aromatic N) is 4. The molecule has 12 aromatic carbocycles. The lowest BCUT2D eigenvalue weighted by Gasteiger charge is -2.45. The molecule has 0 bridgehead atoms. The van der Waals surface area contributed by atoms with Crippen LogP contribution in [0, 0.1) is 0 Å². The predicted molar refractivity (Wildman–Crippen MR) is 419 cm³/mol. The van der Waals surface area contributed by atoms with Crippen LogP contribution in [0.2, 0.25) is 0 Å². The van der Waals surface area contributed by atoms with Crippen LogP contribution in [0.4, 0.5) is 34.1 Å². The second-order valence-electron chi connectivity index (χ2n) is 31.6. The first kappa shape index (κ1) is 46.1. The quantitative estimate of drug-likeness (QED) is 0.148. The van der Waals surface area contributed by atoms with Gasteiger partial charge in [0, 0.05) is 67.0 Å². The molecule has 0 N–H and O–H groups in total. The molecule has 0 amide bonds. The molecule has 0 atom stereocenters. The van der Waals surface area contributed by atoms with E-state index >= 15 is 0 Å². The van der Waals surface area contributed by atoms with Gasteiger partial charge in [0.25, 0.3) is 6.71 Å². The van der Waals surface area contributed by atoms with Gasteiger partial charge in [-0.2, -0.15) is 0 Å². The maximum atomic E-state index is 9.74. The van der Waals surface area contributed by atoms with Crippen molar-refractivity contribution in [2.75, 3.05) is 9.80 Å². The molecule has 2 aromatic heterocycles. The largest absolute Gasteiger partial charge is 0.311 e. The fraction of sp³-hybridized carbons (Fsp3) is 0.217. The first-order chi connectivity index (χ1) is 52.9. The van der Waals surface area contributed by atoms with Crippen LogP contribution < -0.4 is 26.2 Å². The van der Waals surface area contributed by atoms with Gasteiger partial charge in [-0.1, -0.05) is 273 Å². The molecule has 478 valence electrons. The first-order valence-corrected chi connectivity index (χ1v) is 33.6. The van der Waals surface area contributed by atoms with E-state index in [2.05, 4.69) is 235 Å². The Balaban J connectivity index is 1.08. The maximum absolute atomic E-state index is 9.74. The van der Waals surface area contributed by atoms with Crippen LogP contribution in [0.15, 0.2) is 254 Å². The zero-order valence-corrected chi connectivity index (χ0v) is 57.9. The lowest BCUT2D eigenvalue weighted by Crippen LogP contribution is -2.61. The number of aromatic nitrogens is 2. The van der Waals surface area contributed by atoms with E-state index in [-0.39, 0.29) is 70.7 Å². The summed E-state index contributed by atoms with van der Waals surface area (Å²) in [6.07, 6.45) is 0. The molecule has 0 aliphatic carbocycles. The molecule has 5 heteroatoms. The molecule has 2 aliphatic rings. The summed E-state index contributed by atoms with van der Waals surface area (Å²) >= 11 is 0. The van der Waals surface area contributed by atoms with E-state index in [1.54, 1.807) is 9.13 Å². The average molecular weight is 1280 g/mol. The van der Waals surface area contributed by atoms with E-state index in [1.165, 1.54) is 0 Å². The molecule has 0 saturated heterocycles. The highest BCUT2D eigenvalue weighted by Crippen LogP contribution is 2.50. The monoisotopic (exact) mass is 1270 g/mol. The molecular formula is C92H87BN4. The van der Waals surface area contributed by atoms with Crippen LogP contribution in [0.3, 0.4) is 0 Å². The number of rotatable bonds is 7. The van der Waals surface area contributed by atoms with Gasteiger partial charge in [0.05, 0.1) is 44.0 Å². The zero-order valence-electron chi connectivity index (χ0n) is 73.9. The molecule has 4 nitrogen and oxygen atoms in total. The summed E-state index contributed by atoms with van der Waals surface area (Å²) in [5, 5.41) is -0.235. The summed E-state index contributed by atoms with van der Waals surface area (Å²) in [6, 6.07) is 47.3. The molecule has 0 unspecified atom stereocenters. The van der Waals surface area contributed by atoms with Gasteiger partial charge in [-0.15, -0.1) is 0 Å². The van der Waals surface area contributed by atoms with E-state index in [1.807, 2.05) is 36.4 Å². The smallest absolute Gasteiger partial charge is 0.252 e. The van der Waals surface area contributed by atoms with Crippen LogP contribution in [-0.4, -0.2) is 15.8 Å². The van der Waals surface area contributed by atoms with Crippen molar-refractivity contribution in [2.24, 2.45) is 0 Å². The average Bonchev–Trinajstić information content (AvgIpc) is 1.56. The van der Waals surface area contributed by atoms with Gasteiger partial charge in [-0.25, -0.2) is 0 Å². The normalized spacial score (nSPS) is 15.8. The molecule has 0 fully saturated rings. The Morgan fingerprint density at radius 3 is 0.938 bits per heavy atom. The third-order valence-electron chi connectivity index (χ3n) is 19.9. The number of para-hydroxylation sites is 4. The van der Waals surface area contributed by atoms with Crippen molar-refractivity contribution in [1.82, 2.24) is 9.13 Å². The van der Waals surface area contributed by atoms with Gasteiger partial charge in [-0.3, -0.25) is 0 Å². The topological polar surface area (TPSA) is 16.3 Å². The standard InChI is InChI=1S/C92H87BN4/c1-88(2,3)64-40-38-58(39-41-64)63-52-85-87-86(53-63)97(70-29-25-27-60(51-70)62-48-67(91(10,11)12)55-68(49-62)92(13,14)15)84-57-72(95-81-36-22-18-32-75(81)76-33-19-23-37-82(76)95)43-45-78(84)93(87)77-44-42-71(94-79-34-20-16-30-73(79)74-31-17-21-35-80(74)94)56-83(77)96(85)69-28-24-26-59(50-69)61-46-65(89(4,5)6)54-66(47-61)90(7,8)9/h16-57H,1-15H3/i16D,17D,18D,19D,20D,21D,22D,23D,30D,31D,32D,33D,34D,35D,36D,37D. The molecule has 0 spiro atoms. The van der Waals surface area contributed by atoms with Crippen molar-refractivity contribution >= 4 is 101 Å². The van der Waals surface area contributed by atoms with E-state index < -0.39 is 103 Å². The summed E-state index contributed by atoms with van der Waals surface area (Å²) in [5.74, 6) is 0. The van der Waals surface area contributed by atoms with Crippen molar-refractivity contribution < 1.29 is 21.9 Å². The van der Waals surface area contributed by atoms with Gasteiger partial charge in [0.2, 0.25) is 0 Å². The highest BCUT2D eigenvalue weighted by molar-refractivity contribution is 7.00. The molecule has 2 aliphatic heterocycles. The molecular weight excluding hydrogens is 1170 g/mol. The van der Waals surface area contributed by atoms with Crippen LogP contribution >= 0.6 is 0 Å². The minimum Gasteiger partial charge on any atom is -0.311 e. The van der Waals surface area contributed by atoms with E-state index in [9.17, 15) is 16.4 Å². The van der Waals surface area contributed by atoms with Gasteiger partial charge >= 0.3 is 0 Å². The van der Waals surface area contributed by atoms with Gasteiger partial charge in [0.15, 0.2) is 0 Å². The molecule has 0 radical (unpaired) electrons. The number of hydrogen-bond acceptors (Lipinski definition) is 2. The summed E-state index contributed by atoms with van der Waals surface area (Å²) in [5.41, 5.74) is 17.4. The fourth-order valence-corrected chi connectivity index (χ4v) is 14.5. The third kappa shape index (κ3) is 10.5. The molecule has 4 heterocycles. The minimum atomic E-state index is -0.694. The number of fused-ring (bicyclic) bond motifs is 10. The fourth-order valence-electron chi connectivity index (χ4n) is 14.5. The van der Waals surface area contributed by atoms with E-state index in [0.717, 1.165) is 100 Å². The number of anilines is 6. The summed E-state index contributed by atoms with van der Waals surface area (Å²) in [6.45, 7) is 32.5. The maximum Gasteiger partial charge on any atom is 0.252 e. The second kappa shape index (κ2) is 22.2. The Morgan fingerprint density at radius 2 is 0.598 bits per heavy atom. The van der Waals surface area contributed by atoms with E-state index in [4.69, 9.17) is 5.48 Å². The van der Waals surface area contributed by atoms with Crippen molar-refractivity contribution in [3.8, 4) is 44.8 Å². The Hall–Kier alpha value is -10.1. The summed E-state index contributed by atoms with van der Waals surface area (Å²) in [4.78, 5) is 4.50. The SMILES string of the molecule is [2H]c1c([2H])c([2H])c2c(c1[2H])c1c([2H])c([2H])c([2H])c([2H])c1n2-c1ccc2c(c1)N(c1cccc(-c3cc(C(C)(C)C)cc(C(C)(C)C)c3)c1)c1cc(-c3ccc(C(C)(C)C)cc3)cc3c1B2c1ccc(-n2c4c([2H])c([2H])c([2H])c([2H])c4c4c([2H])c([2H])c([2H])c([2H])c42)cc1N3c1cccc(-c2cc(C(C)(C)C)cc(C(C)(C)C)c2)c1. The predicted octanol–water partition coefficient (Wildman–Crippen LogP) is 23.5. The Labute approximate surface area is 597 Å². The highest BCUT2D eigenvalue weighted by Gasteiger charge is 2.45. The Kier molecular flexibility index (Phi) is 10.6. The van der Waals surface area contributed by atoms with Gasteiger partial charge in [-0.05, 0) is 189 Å². The van der Waals surface area contributed by atoms with Crippen molar-refractivity contribution in [3.63, 3.8) is 0 Å². The highest BCUT2D eigenvalue weighted by atomic mass is 15.2. The minimum absolute atomic E-state index is 0.0349. The third-order valence-corrected chi connectivity index (χ3v) is 19.9. The molecule has 14 aromatic rings. The lowest BCUT2D eigenvalue weighted by molar-refractivity contribution is 0.568.